The molecule has 2 amide bonds. The van der Waals surface area contributed by atoms with Gasteiger partial charge < -0.3 is 20.3 Å². The van der Waals surface area contributed by atoms with Gasteiger partial charge in [0.2, 0.25) is 6.41 Å². The van der Waals surface area contributed by atoms with E-state index in [1.165, 1.54) is 0 Å². The summed E-state index contributed by atoms with van der Waals surface area (Å²) in [7, 11) is 3.52. The summed E-state index contributed by atoms with van der Waals surface area (Å²) in [4.78, 5) is 32.5. The minimum atomic E-state index is -2.77. The van der Waals surface area contributed by atoms with Crippen LogP contribution in [-0.4, -0.2) is 54.4 Å². The third-order valence-electron chi connectivity index (χ3n) is 5.58. The molecule has 2 atom stereocenters. The predicted molar refractivity (Wildman–Crippen MR) is 128 cm³/mol. The molecule has 0 saturated heterocycles. The van der Waals surface area contributed by atoms with Crippen LogP contribution in [0.1, 0.15) is 55.6 Å². The number of pyridine rings is 2. The molecule has 0 spiro atoms. The summed E-state index contributed by atoms with van der Waals surface area (Å²) in [5, 5.41) is 4.76. The lowest BCUT2D eigenvalue weighted by Gasteiger charge is -2.29. The maximum atomic E-state index is 12.9. The average molecular weight is 478 g/mol. The van der Waals surface area contributed by atoms with Crippen LogP contribution in [-0.2, 0) is 4.79 Å². The van der Waals surface area contributed by atoms with Crippen LogP contribution in [0.3, 0.4) is 0 Å². The molecule has 0 aromatic carbocycles. The van der Waals surface area contributed by atoms with Crippen LogP contribution >= 0.6 is 0 Å². The SMILES string of the molecule is CCCC(CC)N(C)c1nc(C(=O)NC2CC2(F)F)ccc1C.COc1ccnc(NC=O)c1. The van der Waals surface area contributed by atoms with Crippen LogP contribution in [0, 0.1) is 6.92 Å². The number of rotatable bonds is 10. The van der Waals surface area contributed by atoms with Crippen molar-refractivity contribution in [2.24, 2.45) is 0 Å². The Bertz CT molecular complexity index is 973. The number of halogens is 2. The molecule has 186 valence electrons. The quantitative estimate of drug-likeness (QED) is 0.498. The zero-order valence-corrected chi connectivity index (χ0v) is 20.3. The summed E-state index contributed by atoms with van der Waals surface area (Å²) in [6, 6.07) is 6.03. The highest BCUT2D eigenvalue weighted by atomic mass is 19.3. The number of alkyl halides is 2. The number of nitrogens with zero attached hydrogens (tertiary/aromatic N) is 3. The van der Waals surface area contributed by atoms with Crippen LogP contribution in [0.4, 0.5) is 20.4 Å². The summed E-state index contributed by atoms with van der Waals surface area (Å²) >= 11 is 0. The van der Waals surface area contributed by atoms with Crippen molar-refractivity contribution in [3.05, 3.63) is 41.7 Å². The Morgan fingerprint density at radius 2 is 2.06 bits per heavy atom. The number of carbonyl (C=O) groups is 2. The van der Waals surface area contributed by atoms with Gasteiger partial charge in [0, 0.05) is 31.8 Å². The van der Waals surface area contributed by atoms with Gasteiger partial charge in [-0.15, -0.1) is 0 Å². The first-order valence-corrected chi connectivity index (χ1v) is 11.3. The van der Waals surface area contributed by atoms with Gasteiger partial charge in [-0.2, -0.15) is 0 Å². The summed E-state index contributed by atoms with van der Waals surface area (Å²) in [6.07, 6.45) is 4.94. The molecule has 1 aliphatic carbocycles. The monoisotopic (exact) mass is 477 g/mol. The van der Waals surface area contributed by atoms with E-state index < -0.39 is 17.9 Å². The molecule has 0 bridgehead atoms. The zero-order valence-electron chi connectivity index (χ0n) is 20.3. The maximum absolute atomic E-state index is 12.9. The zero-order chi connectivity index (χ0) is 25.3. The molecule has 2 heterocycles. The Morgan fingerprint density at radius 1 is 1.35 bits per heavy atom. The molecule has 2 aromatic rings. The molecule has 2 unspecified atom stereocenters. The molecule has 1 fully saturated rings. The summed E-state index contributed by atoms with van der Waals surface area (Å²) in [5.41, 5.74) is 1.15. The first kappa shape index (κ1) is 26.9. The number of hydrogen-bond donors (Lipinski definition) is 2. The van der Waals surface area contributed by atoms with Gasteiger partial charge in [-0.3, -0.25) is 9.59 Å². The second-order valence-corrected chi connectivity index (χ2v) is 8.13. The lowest BCUT2D eigenvalue weighted by Crippen LogP contribution is -2.34. The van der Waals surface area contributed by atoms with Crippen LogP contribution in [0.25, 0.3) is 0 Å². The van der Waals surface area contributed by atoms with Gasteiger partial charge in [-0.25, -0.2) is 18.7 Å². The van der Waals surface area contributed by atoms with Crippen LogP contribution in [0.5, 0.6) is 5.75 Å². The number of anilines is 2. The fraction of sp³-hybridized carbons (Fsp3) is 0.500. The van der Waals surface area contributed by atoms with Gasteiger partial charge in [0.15, 0.2) is 0 Å². The minimum absolute atomic E-state index is 0.187. The van der Waals surface area contributed by atoms with E-state index in [0.717, 1.165) is 30.6 Å². The third kappa shape index (κ3) is 7.36. The number of amides is 2. The predicted octanol–water partition coefficient (Wildman–Crippen LogP) is 4.20. The molecule has 34 heavy (non-hydrogen) atoms. The van der Waals surface area contributed by atoms with E-state index >= 15 is 0 Å². The number of hydrogen-bond acceptors (Lipinski definition) is 6. The largest absolute Gasteiger partial charge is 0.497 e. The highest BCUT2D eigenvalue weighted by Crippen LogP contribution is 2.41. The van der Waals surface area contributed by atoms with Gasteiger partial charge in [0.1, 0.15) is 23.1 Å². The van der Waals surface area contributed by atoms with E-state index in [0.29, 0.717) is 24.0 Å². The topological polar surface area (TPSA) is 96.5 Å². The van der Waals surface area contributed by atoms with Crippen molar-refractivity contribution in [1.82, 2.24) is 15.3 Å². The van der Waals surface area contributed by atoms with E-state index in [1.807, 2.05) is 20.0 Å². The van der Waals surface area contributed by atoms with Crippen LogP contribution < -0.4 is 20.3 Å². The molecule has 0 radical (unpaired) electrons. The standard InChI is InChI=1S/C17H25F2N3O.C7H8N2O2/c1-5-7-12(6-2)22(4)15-11(3)8-9-13(20-15)16(23)21-14-10-17(14,18)19;1-11-6-2-3-8-7(4-6)9-5-10/h8-9,12,14H,5-7,10H2,1-4H3,(H,21,23);2-5H,1H3,(H,8,9,10). The number of ether oxygens (including phenoxy) is 1. The number of methoxy groups -OCH3 is 1. The van der Waals surface area contributed by atoms with E-state index in [1.54, 1.807) is 31.5 Å². The van der Waals surface area contributed by atoms with Crippen LogP contribution in [0.15, 0.2) is 30.5 Å². The van der Waals surface area contributed by atoms with Crippen molar-refractivity contribution < 1.29 is 23.1 Å². The van der Waals surface area contributed by atoms with Crippen LogP contribution in [0.2, 0.25) is 0 Å². The van der Waals surface area contributed by atoms with Crippen molar-refractivity contribution in [2.45, 2.75) is 64.5 Å². The Hall–Kier alpha value is -3.30. The molecule has 2 N–H and O–H groups in total. The van der Waals surface area contributed by atoms with Crippen molar-refractivity contribution in [3.63, 3.8) is 0 Å². The first-order chi connectivity index (χ1) is 16.2. The van der Waals surface area contributed by atoms with E-state index in [4.69, 9.17) is 4.74 Å². The third-order valence-corrected chi connectivity index (χ3v) is 5.58. The number of carbonyl (C=O) groups excluding carboxylic acids is 2. The minimum Gasteiger partial charge on any atom is -0.497 e. The average Bonchev–Trinajstić information content (AvgIpc) is 3.43. The van der Waals surface area contributed by atoms with Crippen molar-refractivity contribution in [2.75, 3.05) is 24.4 Å². The van der Waals surface area contributed by atoms with Gasteiger partial charge in [-0.05, 0) is 37.5 Å². The molecule has 2 aromatic heterocycles. The van der Waals surface area contributed by atoms with Gasteiger partial charge in [-0.1, -0.05) is 26.3 Å². The molecule has 1 aliphatic rings. The second kappa shape index (κ2) is 12.2. The first-order valence-electron chi connectivity index (χ1n) is 11.3. The summed E-state index contributed by atoms with van der Waals surface area (Å²) in [6.45, 7) is 6.20. The molecule has 3 rings (SSSR count). The summed E-state index contributed by atoms with van der Waals surface area (Å²) < 4.78 is 30.8. The fourth-order valence-electron chi connectivity index (χ4n) is 3.46. The molecule has 10 heteroatoms. The molecule has 0 aliphatic heterocycles. The molecular weight excluding hydrogens is 444 g/mol. The smallest absolute Gasteiger partial charge is 0.270 e. The Morgan fingerprint density at radius 3 is 2.62 bits per heavy atom. The van der Waals surface area contributed by atoms with Crippen molar-refractivity contribution in [3.8, 4) is 5.75 Å². The van der Waals surface area contributed by atoms with Crippen molar-refractivity contribution >= 4 is 24.0 Å². The Kier molecular flexibility index (Phi) is 9.70. The van der Waals surface area contributed by atoms with Crippen molar-refractivity contribution in [1.29, 1.82) is 0 Å². The Labute approximate surface area is 199 Å². The summed E-state index contributed by atoms with van der Waals surface area (Å²) in [5.74, 6) is -1.41. The molecular formula is C24H33F2N5O3. The fourth-order valence-corrected chi connectivity index (χ4v) is 3.46. The number of nitrogens with one attached hydrogen (secondary N) is 2. The normalized spacial score (nSPS) is 16.4. The number of aryl methyl sites for hydroxylation is 1. The lowest BCUT2D eigenvalue weighted by molar-refractivity contribution is -0.105. The maximum Gasteiger partial charge on any atom is 0.270 e. The highest BCUT2D eigenvalue weighted by molar-refractivity contribution is 5.93. The van der Waals surface area contributed by atoms with E-state index in [2.05, 4.69) is 39.3 Å². The van der Waals surface area contributed by atoms with E-state index in [9.17, 15) is 18.4 Å². The van der Waals surface area contributed by atoms with Gasteiger partial charge >= 0.3 is 0 Å². The van der Waals surface area contributed by atoms with Gasteiger partial charge in [0.25, 0.3) is 11.8 Å². The Balaban J connectivity index is 0.000000310. The molecule has 1 saturated carbocycles. The lowest BCUT2D eigenvalue weighted by atomic mass is 10.1. The highest BCUT2D eigenvalue weighted by Gasteiger charge is 2.58. The van der Waals surface area contributed by atoms with Gasteiger partial charge in [0.05, 0.1) is 13.2 Å². The second-order valence-electron chi connectivity index (χ2n) is 8.13. The molecule has 8 nitrogen and oxygen atoms in total. The number of aromatic nitrogens is 2. The van der Waals surface area contributed by atoms with E-state index in [-0.39, 0.29) is 12.1 Å².